The van der Waals surface area contributed by atoms with Gasteiger partial charge in [-0.2, -0.15) is 0 Å². The molecule has 1 aliphatic rings. The SMILES string of the molecule is CCc1cccc(CC(=O)NC(C(=O)O)c2ccc3c(c2)CCO3)c1. The average Bonchev–Trinajstić information content (AvgIpc) is 3.07. The van der Waals surface area contributed by atoms with Gasteiger partial charge in [0.25, 0.3) is 0 Å². The number of ether oxygens (including phenoxy) is 1. The van der Waals surface area contributed by atoms with Crippen molar-refractivity contribution < 1.29 is 19.4 Å². The highest BCUT2D eigenvalue weighted by Crippen LogP contribution is 2.28. The number of aliphatic carboxylic acids is 1. The van der Waals surface area contributed by atoms with Crippen LogP contribution in [0.2, 0.25) is 0 Å². The highest BCUT2D eigenvalue weighted by Gasteiger charge is 2.24. The molecular weight excluding hydrogens is 318 g/mol. The number of benzene rings is 2. The summed E-state index contributed by atoms with van der Waals surface area (Å²) < 4.78 is 5.44. The minimum atomic E-state index is -1.07. The molecule has 1 heterocycles. The Morgan fingerprint density at radius 2 is 2.00 bits per heavy atom. The van der Waals surface area contributed by atoms with Crippen molar-refractivity contribution in [2.24, 2.45) is 0 Å². The van der Waals surface area contributed by atoms with Crippen molar-refractivity contribution >= 4 is 11.9 Å². The third kappa shape index (κ3) is 3.99. The topological polar surface area (TPSA) is 75.6 Å². The third-order valence-electron chi connectivity index (χ3n) is 4.36. The fourth-order valence-corrected chi connectivity index (χ4v) is 3.03. The molecule has 2 N–H and O–H groups in total. The van der Waals surface area contributed by atoms with Crippen molar-refractivity contribution in [1.29, 1.82) is 0 Å². The van der Waals surface area contributed by atoms with Crippen molar-refractivity contribution in [2.75, 3.05) is 6.61 Å². The van der Waals surface area contributed by atoms with E-state index in [4.69, 9.17) is 4.74 Å². The van der Waals surface area contributed by atoms with Crippen LogP contribution in [-0.4, -0.2) is 23.6 Å². The summed E-state index contributed by atoms with van der Waals surface area (Å²) in [4.78, 5) is 24.0. The largest absolute Gasteiger partial charge is 0.493 e. The molecule has 0 radical (unpaired) electrons. The van der Waals surface area contributed by atoms with Crippen molar-refractivity contribution in [3.63, 3.8) is 0 Å². The zero-order chi connectivity index (χ0) is 17.8. The number of aryl methyl sites for hydroxylation is 1. The van der Waals surface area contributed by atoms with Crippen LogP contribution in [0, 0.1) is 0 Å². The lowest BCUT2D eigenvalue weighted by Crippen LogP contribution is -2.34. The van der Waals surface area contributed by atoms with E-state index in [0.717, 1.165) is 35.3 Å². The summed E-state index contributed by atoms with van der Waals surface area (Å²) in [6, 6.07) is 12.0. The van der Waals surface area contributed by atoms with E-state index in [0.29, 0.717) is 12.2 Å². The van der Waals surface area contributed by atoms with E-state index in [-0.39, 0.29) is 12.3 Å². The molecule has 1 aliphatic heterocycles. The molecule has 1 atom stereocenters. The second kappa shape index (κ2) is 7.38. The van der Waals surface area contributed by atoms with Gasteiger partial charge >= 0.3 is 5.97 Å². The van der Waals surface area contributed by atoms with E-state index in [1.165, 1.54) is 0 Å². The zero-order valence-electron chi connectivity index (χ0n) is 14.1. The van der Waals surface area contributed by atoms with E-state index >= 15 is 0 Å². The van der Waals surface area contributed by atoms with Crippen molar-refractivity contribution in [1.82, 2.24) is 5.32 Å². The third-order valence-corrected chi connectivity index (χ3v) is 4.36. The second-order valence-electron chi connectivity index (χ2n) is 6.15. The molecule has 3 rings (SSSR count). The molecule has 5 heteroatoms. The molecule has 0 aliphatic carbocycles. The normalized spacial score (nSPS) is 13.6. The Hall–Kier alpha value is -2.82. The first kappa shape index (κ1) is 17.0. The van der Waals surface area contributed by atoms with Crippen molar-refractivity contribution in [2.45, 2.75) is 32.2 Å². The maximum Gasteiger partial charge on any atom is 0.330 e. The summed E-state index contributed by atoms with van der Waals surface area (Å²) in [7, 11) is 0. The van der Waals surface area contributed by atoms with Gasteiger partial charge in [-0.25, -0.2) is 4.79 Å². The summed E-state index contributed by atoms with van der Waals surface area (Å²) in [6.45, 7) is 2.66. The lowest BCUT2D eigenvalue weighted by atomic mass is 10.0. The Bertz CT molecular complexity index is 800. The lowest BCUT2D eigenvalue weighted by Gasteiger charge is -2.16. The molecule has 0 saturated heterocycles. The molecule has 2 aromatic rings. The molecule has 0 saturated carbocycles. The number of hydrogen-bond acceptors (Lipinski definition) is 3. The van der Waals surface area contributed by atoms with E-state index < -0.39 is 12.0 Å². The Morgan fingerprint density at radius 3 is 2.76 bits per heavy atom. The van der Waals surface area contributed by atoms with Gasteiger partial charge in [0, 0.05) is 6.42 Å². The highest BCUT2D eigenvalue weighted by atomic mass is 16.5. The molecule has 0 bridgehead atoms. The summed E-state index contributed by atoms with van der Waals surface area (Å²) in [6.07, 6.45) is 1.81. The summed E-state index contributed by atoms with van der Waals surface area (Å²) in [5.41, 5.74) is 3.57. The maximum atomic E-state index is 12.3. The zero-order valence-corrected chi connectivity index (χ0v) is 14.1. The van der Waals surface area contributed by atoms with Gasteiger partial charge in [-0.05, 0) is 40.8 Å². The van der Waals surface area contributed by atoms with E-state index in [2.05, 4.69) is 12.2 Å². The number of hydrogen-bond donors (Lipinski definition) is 2. The number of carboxylic acid groups (broad SMARTS) is 1. The van der Waals surface area contributed by atoms with Gasteiger partial charge < -0.3 is 15.2 Å². The number of fused-ring (bicyclic) bond motifs is 1. The van der Waals surface area contributed by atoms with Crippen LogP contribution in [0.15, 0.2) is 42.5 Å². The van der Waals surface area contributed by atoms with Gasteiger partial charge in [-0.3, -0.25) is 4.79 Å². The number of carboxylic acids is 1. The van der Waals surface area contributed by atoms with Gasteiger partial charge in [-0.15, -0.1) is 0 Å². The average molecular weight is 339 g/mol. The molecule has 1 unspecified atom stereocenters. The van der Waals surface area contributed by atoms with Crippen LogP contribution < -0.4 is 10.1 Å². The van der Waals surface area contributed by atoms with Gasteiger partial charge in [0.2, 0.25) is 5.91 Å². The van der Waals surface area contributed by atoms with Crippen LogP contribution in [0.3, 0.4) is 0 Å². The molecule has 0 aromatic heterocycles. The minimum absolute atomic E-state index is 0.158. The molecule has 5 nitrogen and oxygen atoms in total. The molecular formula is C20H21NO4. The minimum Gasteiger partial charge on any atom is -0.493 e. The highest BCUT2D eigenvalue weighted by molar-refractivity contribution is 5.85. The quantitative estimate of drug-likeness (QED) is 0.848. The first-order valence-electron chi connectivity index (χ1n) is 8.42. The molecule has 1 amide bonds. The number of carbonyl (C=O) groups is 2. The Balaban J connectivity index is 1.73. The standard InChI is InChI=1S/C20H21NO4/c1-2-13-4-3-5-14(10-13)11-18(22)21-19(20(23)24)16-6-7-17-15(12-16)8-9-25-17/h3-7,10,12,19H,2,8-9,11H2,1H3,(H,21,22)(H,23,24). The van der Waals surface area contributed by atoms with Crippen molar-refractivity contribution in [3.05, 3.63) is 64.7 Å². The second-order valence-corrected chi connectivity index (χ2v) is 6.15. The lowest BCUT2D eigenvalue weighted by molar-refractivity contribution is -0.141. The Kier molecular flexibility index (Phi) is 5.03. The predicted octanol–water partition coefficient (Wildman–Crippen LogP) is 2.67. The first-order chi connectivity index (χ1) is 12.1. The van der Waals surface area contributed by atoms with Crippen molar-refractivity contribution in [3.8, 4) is 5.75 Å². The van der Waals surface area contributed by atoms with Crippen LogP contribution in [0.25, 0.3) is 0 Å². The Labute approximate surface area is 146 Å². The maximum absolute atomic E-state index is 12.3. The molecule has 0 fully saturated rings. The van der Waals surface area contributed by atoms with E-state index in [1.807, 2.05) is 24.3 Å². The summed E-state index contributed by atoms with van der Waals surface area (Å²) >= 11 is 0. The van der Waals surface area contributed by atoms with Crippen LogP contribution >= 0.6 is 0 Å². The fraction of sp³-hybridized carbons (Fsp3) is 0.300. The molecule has 130 valence electrons. The smallest absolute Gasteiger partial charge is 0.330 e. The van der Waals surface area contributed by atoms with Crippen LogP contribution in [0.1, 0.15) is 35.2 Å². The van der Waals surface area contributed by atoms with Crippen LogP contribution in [0.5, 0.6) is 5.75 Å². The molecule has 0 spiro atoms. The summed E-state index contributed by atoms with van der Waals surface area (Å²) in [5.74, 6) is -0.595. The molecule has 2 aromatic carbocycles. The van der Waals surface area contributed by atoms with Gasteiger partial charge in [0.05, 0.1) is 13.0 Å². The van der Waals surface area contributed by atoms with Gasteiger partial charge in [0.1, 0.15) is 5.75 Å². The number of rotatable bonds is 6. The number of carbonyl (C=O) groups excluding carboxylic acids is 1. The van der Waals surface area contributed by atoms with E-state index in [9.17, 15) is 14.7 Å². The molecule has 25 heavy (non-hydrogen) atoms. The van der Waals surface area contributed by atoms with Gasteiger partial charge in [-0.1, -0.05) is 37.3 Å². The fourth-order valence-electron chi connectivity index (χ4n) is 3.03. The first-order valence-corrected chi connectivity index (χ1v) is 8.42. The number of nitrogens with one attached hydrogen (secondary N) is 1. The number of amides is 1. The monoisotopic (exact) mass is 339 g/mol. The Morgan fingerprint density at radius 1 is 1.20 bits per heavy atom. The summed E-state index contributed by atoms with van der Waals surface area (Å²) in [5, 5.41) is 12.2. The van der Waals surface area contributed by atoms with Crippen LogP contribution in [-0.2, 0) is 28.9 Å². The van der Waals surface area contributed by atoms with E-state index in [1.54, 1.807) is 18.2 Å². The van der Waals surface area contributed by atoms with Gasteiger partial charge in [0.15, 0.2) is 6.04 Å². The predicted molar refractivity (Wildman–Crippen MR) is 93.7 cm³/mol. The van der Waals surface area contributed by atoms with Crippen LogP contribution in [0.4, 0.5) is 0 Å².